The first-order valence-corrected chi connectivity index (χ1v) is 8.83. The van der Waals surface area contributed by atoms with Gasteiger partial charge in [0.15, 0.2) is 0 Å². The molecular formula is C20H21ClN2O2. The summed E-state index contributed by atoms with van der Waals surface area (Å²) in [5, 5.41) is 3.58. The number of carbonyl (C=O) groups excluding carboxylic acids is 2. The summed E-state index contributed by atoms with van der Waals surface area (Å²) in [6, 6.07) is 17.6. The predicted molar refractivity (Wildman–Crippen MR) is 98.5 cm³/mol. The van der Waals surface area contributed by atoms with Crippen LogP contribution in [-0.4, -0.2) is 36.3 Å². The Balaban J connectivity index is 1.45. The molecule has 1 unspecified atom stereocenters. The second-order valence-electron chi connectivity index (χ2n) is 6.31. The van der Waals surface area contributed by atoms with Gasteiger partial charge in [-0.05, 0) is 29.7 Å². The van der Waals surface area contributed by atoms with Crippen LogP contribution in [0.3, 0.4) is 0 Å². The van der Waals surface area contributed by atoms with Crippen LogP contribution in [0, 0.1) is 0 Å². The molecule has 3 rings (SSSR count). The smallest absolute Gasteiger partial charge is 0.239 e. The minimum absolute atomic E-state index is 0.0432. The molecule has 4 nitrogen and oxygen atoms in total. The third-order valence-electron chi connectivity index (χ3n) is 4.47. The lowest BCUT2D eigenvalue weighted by atomic mass is 9.99. The quantitative estimate of drug-likeness (QED) is 0.865. The van der Waals surface area contributed by atoms with E-state index in [2.05, 4.69) is 5.32 Å². The molecule has 0 aliphatic carbocycles. The highest BCUT2D eigenvalue weighted by molar-refractivity contribution is 6.30. The number of benzene rings is 2. The number of rotatable bonds is 6. The van der Waals surface area contributed by atoms with Gasteiger partial charge < -0.3 is 10.2 Å². The minimum Gasteiger partial charge on any atom is -0.354 e. The monoisotopic (exact) mass is 356 g/mol. The van der Waals surface area contributed by atoms with Crippen LogP contribution < -0.4 is 5.32 Å². The minimum atomic E-state index is -0.115. The zero-order chi connectivity index (χ0) is 17.6. The topological polar surface area (TPSA) is 49.4 Å². The molecule has 130 valence electrons. The van der Waals surface area contributed by atoms with Gasteiger partial charge in [-0.25, -0.2) is 0 Å². The molecular weight excluding hydrogens is 336 g/mol. The maximum Gasteiger partial charge on any atom is 0.239 e. The van der Waals surface area contributed by atoms with Crippen LogP contribution in [0.1, 0.15) is 23.5 Å². The van der Waals surface area contributed by atoms with E-state index in [4.69, 9.17) is 11.6 Å². The van der Waals surface area contributed by atoms with E-state index in [1.54, 1.807) is 4.90 Å². The van der Waals surface area contributed by atoms with Gasteiger partial charge in [0, 0.05) is 30.5 Å². The lowest BCUT2D eigenvalue weighted by Gasteiger charge is -2.16. The van der Waals surface area contributed by atoms with Crippen molar-refractivity contribution in [1.29, 1.82) is 0 Å². The van der Waals surface area contributed by atoms with E-state index in [-0.39, 0.29) is 24.3 Å². The molecule has 1 N–H and O–H groups in total. The molecule has 1 aliphatic heterocycles. The summed E-state index contributed by atoms with van der Waals surface area (Å²) in [6.45, 7) is 1.28. The van der Waals surface area contributed by atoms with Crippen LogP contribution in [0.4, 0.5) is 0 Å². The zero-order valence-corrected chi connectivity index (χ0v) is 14.7. The molecule has 1 fully saturated rings. The molecule has 1 atom stereocenters. The van der Waals surface area contributed by atoms with Gasteiger partial charge in [0.05, 0.1) is 6.54 Å². The summed E-state index contributed by atoms with van der Waals surface area (Å²) in [6.07, 6.45) is 1.21. The van der Waals surface area contributed by atoms with Crippen molar-refractivity contribution < 1.29 is 9.59 Å². The van der Waals surface area contributed by atoms with Gasteiger partial charge in [0.1, 0.15) is 0 Å². The van der Waals surface area contributed by atoms with Crippen LogP contribution in [0.5, 0.6) is 0 Å². The Labute approximate surface area is 152 Å². The van der Waals surface area contributed by atoms with Gasteiger partial charge in [-0.15, -0.1) is 0 Å². The molecule has 2 amide bonds. The van der Waals surface area contributed by atoms with Crippen molar-refractivity contribution in [2.45, 2.75) is 18.8 Å². The Morgan fingerprint density at radius 1 is 1.12 bits per heavy atom. The van der Waals surface area contributed by atoms with E-state index in [1.807, 2.05) is 54.6 Å². The van der Waals surface area contributed by atoms with Gasteiger partial charge in [-0.1, -0.05) is 54.1 Å². The predicted octanol–water partition coefficient (Wildman–Crippen LogP) is 3.01. The molecule has 25 heavy (non-hydrogen) atoms. The maximum atomic E-state index is 12.2. The Hall–Kier alpha value is -2.33. The summed E-state index contributed by atoms with van der Waals surface area (Å²) < 4.78 is 0. The van der Waals surface area contributed by atoms with Crippen LogP contribution in [0.2, 0.25) is 5.02 Å². The fourth-order valence-corrected chi connectivity index (χ4v) is 3.23. The third kappa shape index (κ3) is 4.83. The summed E-state index contributed by atoms with van der Waals surface area (Å²) in [7, 11) is 0. The number of nitrogens with zero attached hydrogens (tertiary/aromatic N) is 1. The van der Waals surface area contributed by atoms with Crippen molar-refractivity contribution in [2.24, 2.45) is 0 Å². The van der Waals surface area contributed by atoms with Gasteiger partial charge in [-0.2, -0.15) is 0 Å². The second kappa shape index (κ2) is 8.17. The largest absolute Gasteiger partial charge is 0.354 e. The maximum absolute atomic E-state index is 12.2. The van der Waals surface area contributed by atoms with Gasteiger partial charge in [0.25, 0.3) is 0 Å². The summed E-state index contributed by atoms with van der Waals surface area (Å²) in [4.78, 5) is 25.9. The molecule has 0 saturated carbocycles. The Morgan fingerprint density at radius 2 is 1.84 bits per heavy atom. The molecule has 2 aromatic carbocycles. The molecule has 1 heterocycles. The number of hydrogen-bond acceptors (Lipinski definition) is 2. The Morgan fingerprint density at radius 3 is 2.56 bits per heavy atom. The lowest BCUT2D eigenvalue weighted by molar-refractivity contribution is -0.133. The molecule has 0 bridgehead atoms. The number of amides is 2. The van der Waals surface area contributed by atoms with E-state index >= 15 is 0 Å². The number of halogens is 1. The van der Waals surface area contributed by atoms with Gasteiger partial charge in [-0.3, -0.25) is 9.59 Å². The number of hydrogen-bond donors (Lipinski definition) is 1. The molecule has 1 aliphatic rings. The van der Waals surface area contributed by atoms with Crippen LogP contribution in [0.25, 0.3) is 0 Å². The number of nitrogens with one attached hydrogen (secondary N) is 1. The van der Waals surface area contributed by atoms with Crippen molar-refractivity contribution in [2.75, 3.05) is 19.6 Å². The SMILES string of the molecule is O=C(CN1CC(c2ccccc2)CC1=O)NCCc1ccc(Cl)cc1. The van der Waals surface area contributed by atoms with Gasteiger partial charge >= 0.3 is 0 Å². The summed E-state index contributed by atoms with van der Waals surface area (Å²) in [5.74, 6) is 0.105. The van der Waals surface area contributed by atoms with E-state index in [0.29, 0.717) is 24.5 Å². The molecule has 0 spiro atoms. The molecule has 0 aromatic heterocycles. The second-order valence-corrected chi connectivity index (χ2v) is 6.75. The highest BCUT2D eigenvalue weighted by atomic mass is 35.5. The molecule has 0 radical (unpaired) electrons. The fourth-order valence-electron chi connectivity index (χ4n) is 3.10. The Kier molecular flexibility index (Phi) is 5.71. The van der Waals surface area contributed by atoms with Crippen LogP contribution >= 0.6 is 11.6 Å². The fraction of sp³-hybridized carbons (Fsp3) is 0.300. The first kappa shape index (κ1) is 17.5. The molecule has 2 aromatic rings. The highest BCUT2D eigenvalue weighted by Crippen LogP contribution is 2.27. The van der Waals surface area contributed by atoms with E-state index in [9.17, 15) is 9.59 Å². The highest BCUT2D eigenvalue weighted by Gasteiger charge is 2.31. The van der Waals surface area contributed by atoms with Crippen molar-refractivity contribution in [3.05, 3.63) is 70.7 Å². The van der Waals surface area contributed by atoms with E-state index < -0.39 is 0 Å². The van der Waals surface area contributed by atoms with Crippen LogP contribution in [-0.2, 0) is 16.0 Å². The first-order chi connectivity index (χ1) is 12.1. The van der Waals surface area contributed by atoms with E-state index in [1.165, 1.54) is 0 Å². The van der Waals surface area contributed by atoms with E-state index in [0.717, 1.165) is 17.5 Å². The lowest BCUT2D eigenvalue weighted by Crippen LogP contribution is -2.38. The van der Waals surface area contributed by atoms with Crippen molar-refractivity contribution in [1.82, 2.24) is 10.2 Å². The Bertz CT molecular complexity index is 731. The first-order valence-electron chi connectivity index (χ1n) is 8.45. The van der Waals surface area contributed by atoms with Crippen molar-refractivity contribution in [3.8, 4) is 0 Å². The average Bonchev–Trinajstić information content (AvgIpc) is 2.98. The van der Waals surface area contributed by atoms with Crippen molar-refractivity contribution >= 4 is 23.4 Å². The average molecular weight is 357 g/mol. The molecule has 1 saturated heterocycles. The van der Waals surface area contributed by atoms with Crippen molar-refractivity contribution in [3.63, 3.8) is 0 Å². The van der Waals surface area contributed by atoms with Crippen LogP contribution in [0.15, 0.2) is 54.6 Å². The number of likely N-dealkylation sites (tertiary alicyclic amines) is 1. The zero-order valence-electron chi connectivity index (χ0n) is 14.0. The normalized spacial score (nSPS) is 16.9. The molecule has 5 heteroatoms. The summed E-state index contributed by atoms with van der Waals surface area (Å²) >= 11 is 5.85. The number of carbonyl (C=O) groups is 2. The van der Waals surface area contributed by atoms with Gasteiger partial charge in [0.2, 0.25) is 11.8 Å². The summed E-state index contributed by atoms with van der Waals surface area (Å²) in [5.41, 5.74) is 2.27. The standard InChI is InChI=1S/C20H21ClN2O2/c21-18-8-6-15(7-9-18)10-11-22-19(24)14-23-13-17(12-20(23)25)16-4-2-1-3-5-16/h1-9,17H,10-14H2,(H,22,24). The third-order valence-corrected chi connectivity index (χ3v) is 4.72.